The fraction of sp³-hybridized carbons (Fsp3) is 0.947. The van der Waals surface area contributed by atoms with Crippen LogP contribution in [0, 0.1) is 52.3 Å². The molecule has 0 radical (unpaired) electrons. The maximum absolute atomic E-state index is 9.97. The van der Waals surface area contributed by atoms with Gasteiger partial charge >= 0.3 is 0 Å². The zero-order valence-electron chi connectivity index (χ0n) is 13.3. The van der Waals surface area contributed by atoms with E-state index in [2.05, 4.69) is 13.0 Å². The number of aliphatic hydroxyl groups is 1. The topological polar surface area (TPSA) is 44.0 Å². The van der Waals surface area contributed by atoms with Crippen LogP contribution < -0.4 is 0 Å². The third-order valence-electron chi connectivity index (χ3n) is 8.02. The number of nitriles is 1. The molecule has 4 fully saturated rings. The zero-order chi connectivity index (χ0) is 14.6. The van der Waals surface area contributed by atoms with Crippen LogP contribution in [0.1, 0.15) is 64.7 Å². The number of rotatable bonds is 0. The Morgan fingerprint density at radius 1 is 0.952 bits per heavy atom. The SMILES string of the molecule is C[C@@]12C[C@@H]3CC[C@H]4CC(O)CC[C@@H]4C3CC1CC[C@H]2C#N. The summed E-state index contributed by atoms with van der Waals surface area (Å²) in [5.74, 6) is 4.58. The first-order valence-electron chi connectivity index (χ1n) is 9.19. The van der Waals surface area contributed by atoms with Crippen molar-refractivity contribution in [3.63, 3.8) is 0 Å². The molecule has 3 unspecified atom stereocenters. The summed E-state index contributed by atoms with van der Waals surface area (Å²) < 4.78 is 0. The molecule has 0 aliphatic heterocycles. The molecule has 4 aliphatic rings. The summed E-state index contributed by atoms with van der Waals surface area (Å²) in [6.45, 7) is 2.42. The lowest BCUT2D eigenvalue weighted by atomic mass is 9.50. The number of hydrogen-bond donors (Lipinski definition) is 1. The first-order chi connectivity index (χ1) is 10.1. The van der Waals surface area contributed by atoms with Gasteiger partial charge in [-0.2, -0.15) is 5.26 Å². The first kappa shape index (κ1) is 14.1. The van der Waals surface area contributed by atoms with Crippen molar-refractivity contribution >= 4 is 0 Å². The van der Waals surface area contributed by atoms with E-state index in [0.717, 1.165) is 48.9 Å². The Morgan fingerprint density at radius 3 is 2.57 bits per heavy atom. The van der Waals surface area contributed by atoms with Crippen LogP contribution in [-0.4, -0.2) is 11.2 Å². The Labute approximate surface area is 128 Å². The normalized spacial score (nSPS) is 56.0. The average Bonchev–Trinajstić information content (AvgIpc) is 2.80. The molecule has 0 aromatic heterocycles. The number of hydrogen-bond acceptors (Lipinski definition) is 2. The second kappa shape index (κ2) is 4.98. The van der Waals surface area contributed by atoms with Gasteiger partial charge in [0, 0.05) is 0 Å². The van der Waals surface area contributed by atoms with Gasteiger partial charge in [-0.05, 0) is 92.8 Å². The van der Waals surface area contributed by atoms with E-state index in [1.165, 1.54) is 38.5 Å². The summed E-state index contributed by atoms with van der Waals surface area (Å²) in [4.78, 5) is 0. The van der Waals surface area contributed by atoms with Gasteiger partial charge in [0.05, 0.1) is 18.1 Å². The molecule has 2 heteroatoms. The maximum atomic E-state index is 9.97. The molecule has 0 spiro atoms. The molecular weight excluding hydrogens is 258 g/mol. The Morgan fingerprint density at radius 2 is 1.76 bits per heavy atom. The van der Waals surface area contributed by atoms with Gasteiger partial charge in [-0.25, -0.2) is 0 Å². The molecule has 4 saturated carbocycles. The van der Waals surface area contributed by atoms with Crippen LogP contribution >= 0.6 is 0 Å². The second-order valence-corrected chi connectivity index (χ2v) is 8.79. The van der Waals surface area contributed by atoms with Crippen LogP contribution in [0.2, 0.25) is 0 Å². The lowest BCUT2D eigenvalue weighted by molar-refractivity contribution is -0.0630. The summed E-state index contributed by atoms with van der Waals surface area (Å²) in [5.41, 5.74) is 0.316. The van der Waals surface area contributed by atoms with E-state index in [-0.39, 0.29) is 6.10 Å². The van der Waals surface area contributed by atoms with Crippen molar-refractivity contribution in [3.8, 4) is 6.07 Å². The minimum Gasteiger partial charge on any atom is -0.393 e. The quantitative estimate of drug-likeness (QED) is 0.727. The predicted molar refractivity (Wildman–Crippen MR) is 82.2 cm³/mol. The third kappa shape index (κ3) is 2.07. The molecule has 8 atom stereocenters. The minimum absolute atomic E-state index is 0.0221. The maximum Gasteiger partial charge on any atom is 0.0661 e. The van der Waals surface area contributed by atoms with E-state index in [9.17, 15) is 10.4 Å². The molecule has 4 aliphatic carbocycles. The molecular formula is C19H29NO. The molecule has 116 valence electrons. The van der Waals surface area contributed by atoms with E-state index < -0.39 is 0 Å². The van der Waals surface area contributed by atoms with Gasteiger partial charge in [0.1, 0.15) is 0 Å². The van der Waals surface area contributed by atoms with Gasteiger partial charge in [-0.15, -0.1) is 0 Å². The molecule has 0 aromatic rings. The highest BCUT2D eigenvalue weighted by atomic mass is 16.3. The number of fused-ring (bicyclic) bond motifs is 4. The van der Waals surface area contributed by atoms with Crippen LogP contribution in [0.4, 0.5) is 0 Å². The molecule has 1 N–H and O–H groups in total. The predicted octanol–water partition coefficient (Wildman–Crippen LogP) is 4.14. The summed E-state index contributed by atoms with van der Waals surface area (Å²) in [7, 11) is 0. The van der Waals surface area contributed by atoms with Gasteiger partial charge in [-0.1, -0.05) is 6.92 Å². The lowest BCUT2D eigenvalue weighted by Gasteiger charge is -2.54. The molecule has 0 heterocycles. The van der Waals surface area contributed by atoms with E-state index in [4.69, 9.17) is 0 Å². The monoisotopic (exact) mass is 287 g/mol. The van der Waals surface area contributed by atoms with Crippen LogP contribution in [0.25, 0.3) is 0 Å². The molecule has 21 heavy (non-hydrogen) atoms. The standard InChI is InChI=1S/C19H29NO/c1-19-10-13-3-2-12-8-16(21)6-7-17(12)18(13)9-14(19)4-5-15(19)11-20/h12-18,21H,2-10H2,1H3/t12-,13-,14?,15-,16?,17-,18?,19+/m0/s1. The summed E-state index contributed by atoms with van der Waals surface area (Å²) in [5, 5.41) is 19.5. The Bertz CT molecular complexity index is 455. The number of aliphatic hydroxyl groups excluding tert-OH is 1. The third-order valence-corrected chi connectivity index (χ3v) is 8.02. The lowest BCUT2D eigenvalue weighted by Crippen LogP contribution is -2.47. The number of nitrogens with zero attached hydrogens (tertiary/aromatic N) is 1. The van der Waals surface area contributed by atoms with Gasteiger partial charge in [0.15, 0.2) is 0 Å². The van der Waals surface area contributed by atoms with E-state index in [1.807, 2.05) is 0 Å². The average molecular weight is 287 g/mol. The molecule has 0 saturated heterocycles. The largest absolute Gasteiger partial charge is 0.393 e. The Kier molecular flexibility index (Phi) is 3.34. The van der Waals surface area contributed by atoms with Crippen LogP contribution in [0.5, 0.6) is 0 Å². The summed E-state index contributed by atoms with van der Waals surface area (Å²) in [6, 6.07) is 2.63. The zero-order valence-corrected chi connectivity index (χ0v) is 13.3. The van der Waals surface area contributed by atoms with Crippen molar-refractivity contribution in [2.75, 3.05) is 0 Å². The van der Waals surface area contributed by atoms with E-state index in [1.54, 1.807) is 0 Å². The summed E-state index contributed by atoms with van der Waals surface area (Å²) in [6.07, 6.45) is 11.2. The highest BCUT2D eigenvalue weighted by Crippen LogP contribution is 2.63. The van der Waals surface area contributed by atoms with Crippen LogP contribution in [0.3, 0.4) is 0 Å². The fourth-order valence-corrected chi connectivity index (χ4v) is 6.88. The molecule has 0 aromatic carbocycles. The van der Waals surface area contributed by atoms with Crippen molar-refractivity contribution in [2.24, 2.45) is 40.9 Å². The van der Waals surface area contributed by atoms with Gasteiger partial charge in [0.25, 0.3) is 0 Å². The van der Waals surface area contributed by atoms with Crippen molar-refractivity contribution in [1.82, 2.24) is 0 Å². The highest BCUT2D eigenvalue weighted by molar-refractivity contribution is 5.09. The highest BCUT2D eigenvalue weighted by Gasteiger charge is 2.55. The Balaban J connectivity index is 1.55. The molecule has 0 amide bonds. The van der Waals surface area contributed by atoms with Crippen molar-refractivity contribution in [1.29, 1.82) is 5.26 Å². The summed E-state index contributed by atoms with van der Waals surface area (Å²) >= 11 is 0. The van der Waals surface area contributed by atoms with E-state index in [0.29, 0.717) is 11.3 Å². The molecule has 2 nitrogen and oxygen atoms in total. The smallest absolute Gasteiger partial charge is 0.0661 e. The van der Waals surface area contributed by atoms with E-state index >= 15 is 0 Å². The van der Waals surface area contributed by atoms with Crippen molar-refractivity contribution in [3.05, 3.63) is 0 Å². The van der Waals surface area contributed by atoms with Gasteiger partial charge in [-0.3, -0.25) is 0 Å². The van der Waals surface area contributed by atoms with Crippen molar-refractivity contribution < 1.29 is 5.11 Å². The van der Waals surface area contributed by atoms with Gasteiger partial charge < -0.3 is 5.11 Å². The minimum atomic E-state index is -0.0221. The second-order valence-electron chi connectivity index (χ2n) is 8.79. The van der Waals surface area contributed by atoms with Crippen LogP contribution in [-0.2, 0) is 0 Å². The van der Waals surface area contributed by atoms with Gasteiger partial charge in [0.2, 0.25) is 0 Å². The Hall–Kier alpha value is -0.550. The molecule has 0 bridgehead atoms. The van der Waals surface area contributed by atoms with Crippen LogP contribution in [0.15, 0.2) is 0 Å². The first-order valence-corrected chi connectivity index (χ1v) is 9.19. The van der Waals surface area contributed by atoms with Crippen molar-refractivity contribution in [2.45, 2.75) is 70.8 Å². The fourth-order valence-electron chi connectivity index (χ4n) is 6.88. The molecule has 4 rings (SSSR count).